The molecular weight excluding hydrogens is 336 g/mol. The number of piperidine rings is 1. The van der Waals surface area contributed by atoms with Gasteiger partial charge in [0.15, 0.2) is 0 Å². The number of imide groups is 1. The van der Waals surface area contributed by atoms with Crippen molar-refractivity contribution in [2.45, 2.75) is 37.8 Å². The van der Waals surface area contributed by atoms with Crippen LogP contribution in [0.2, 0.25) is 0 Å². The topological polar surface area (TPSA) is 68.4 Å². The molecule has 25 heavy (non-hydrogen) atoms. The van der Waals surface area contributed by atoms with Gasteiger partial charge in [0.1, 0.15) is 0 Å². The SMILES string of the molecule is CC(=O)NC(=O)N(S)C1C[C@@H]2c3cccc4[nH]cc(c34)C[C@H]2N(C)C1. The number of likely N-dealkylation sites (tertiary alicyclic amines) is 1. The Bertz CT molecular complexity index is 849. The van der Waals surface area contributed by atoms with Crippen molar-refractivity contribution in [1.29, 1.82) is 0 Å². The third-order valence-corrected chi connectivity index (χ3v) is 6.05. The summed E-state index contributed by atoms with van der Waals surface area (Å²) in [5.74, 6) is -0.0268. The van der Waals surface area contributed by atoms with Gasteiger partial charge >= 0.3 is 6.03 Å². The normalized spacial score (nSPS) is 25.5. The predicted molar refractivity (Wildman–Crippen MR) is 99.6 cm³/mol. The van der Waals surface area contributed by atoms with Crippen molar-refractivity contribution in [2.24, 2.45) is 0 Å². The van der Waals surface area contributed by atoms with Crippen LogP contribution in [0.15, 0.2) is 24.4 Å². The third kappa shape index (κ3) is 2.71. The molecule has 7 heteroatoms. The fourth-order valence-corrected chi connectivity index (χ4v) is 4.68. The summed E-state index contributed by atoms with van der Waals surface area (Å²) < 4.78 is 1.38. The summed E-state index contributed by atoms with van der Waals surface area (Å²) in [6.07, 6.45) is 3.97. The number of carbonyl (C=O) groups excluding carboxylic acids is 2. The molecule has 2 aromatic rings. The molecule has 1 saturated heterocycles. The Balaban J connectivity index is 1.65. The molecule has 0 saturated carbocycles. The first kappa shape index (κ1) is 16.5. The van der Waals surface area contributed by atoms with Gasteiger partial charge in [-0.25, -0.2) is 4.79 Å². The van der Waals surface area contributed by atoms with Crippen LogP contribution in [0.5, 0.6) is 0 Å². The number of amides is 3. The van der Waals surface area contributed by atoms with Crippen LogP contribution in [0.4, 0.5) is 4.79 Å². The molecule has 1 aliphatic carbocycles. The molecule has 4 rings (SSSR count). The van der Waals surface area contributed by atoms with E-state index in [0.717, 1.165) is 19.4 Å². The van der Waals surface area contributed by atoms with Gasteiger partial charge in [0.05, 0.1) is 6.04 Å². The van der Waals surface area contributed by atoms with Crippen LogP contribution in [0, 0.1) is 0 Å². The van der Waals surface area contributed by atoms with E-state index in [2.05, 4.69) is 59.5 Å². The molecule has 2 N–H and O–H groups in total. The Morgan fingerprint density at radius 1 is 1.40 bits per heavy atom. The Hall–Kier alpha value is -1.99. The minimum Gasteiger partial charge on any atom is -0.361 e. The van der Waals surface area contributed by atoms with Gasteiger partial charge in [-0.3, -0.25) is 14.4 Å². The lowest BCUT2D eigenvalue weighted by Gasteiger charge is -2.47. The van der Waals surface area contributed by atoms with E-state index in [1.807, 2.05) is 0 Å². The van der Waals surface area contributed by atoms with Gasteiger partial charge in [-0.05, 0) is 37.1 Å². The number of rotatable bonds is 1. The lowest BCUT2D eigenvalue weighted by Crippen LogP contribution is -2.55. The number of benzene rings is 1. The number of thiol groups is 1. The number of carbonyl (C=O) groups is 2. The summed E-state index contributed by atoms with van der Waals surface area (Å²) in [6, 6.07) is 6.31. The van der Waals surface area contributed by atoms with E-state index in [1.165, 1.54) is 33.3 Å². The molecule has 0 bridgehead atoms. The Labute approximate surface area is 152 Å². The van der Waals surface area contributed by atoms with Crippen molar-refractivity contribution >= 4 is 35.7 Å². The lowest BCUT2D eigenvalue weighted by molar-refractivity contribution is -0.118. The zero-order valence-electron chi connectivity index (χ0n) is 14.3. The molecule has 132 valence electrons. The van der Waals surface area contributed by atoms with E-state index in [-0.39, 0.29) is 11.9 Å². The standard InChI is InChI=1S/C18H22N4O2S/c1-10(23)20-18(24)22(25)12-7-14-13-4-3-5-15-17(13)11(8-19-15)6-16(14)21(2)9-12/h3-5,8,12,14,16,19,25H,6-7,9H2,1-2H3,(H,20,23,24)/t12?,14-,16-/m1/s1. The molecule has 1 unspecified atom stereocenters. The Morgan fingerprint density at radius 3 is 2.96 bits per heavy atom. The number of likely N-dealkylation sites (N-methyl/N-ethyl adjacent to an activating group) is 1. The number of urea groups is 1. The maximum atomic E-state index is 12.2. The summed E-state index contributed by atoms with van der Waals surface area (Å²) in [5.41, 5.74) is 3.89. The number of H-pyrrole nitrogens is 1. The summed E-state index contributed by atoms with van der Waals surface area (Å²) in [5, 5.41) is 3.64. The van der Waals surface area contributed by atoms with Crippen molar-refractivity contribution in [1.82, 2.24) is 19.5 Å². The van der Waals surface area contributed by atoms with Crippen LogP contribution in [-0.2, 0) is 11.2 Å². The van der Waals surface area contributed by atoms with Crippen molar-refractivity contribution in [2.75, 3.05) is 13.6 Å². The van der Waals surface area contributed by atoms with Gasteiger partial charge < -0.3 is 9.88 Å². The predicted octanol–water partition coefficient (Wildman–Crippen LogP) is 2.28. The number of nitrogens with zero attached hydrogens (tertiary/aromatic N) is 2. The second-order valence-electron chi connectivity index (χ2n) is 7.12. The molecule has 1 fully saturated rings. The maximum Gasteiger partial charge on any atom is 0.334 e. The van der Waals surface area contributed by atoms with Crippen LogP contribution in [0.1, 0.15) is 30.4 Å². The average molecular weight is 358 g/mol. The zero-order chi connectivity index (χ0) is 17.7. The Kier molecular flexibility index (Phi) is 4.00. The van der Waals surface area contributed by atoms with E-state index in [4.69, 9.17) is 0 Å². The molecule has 1 aliphatic heterocycles. The van der Waals surface area contributed by atoms with Crippen LogP contribution in [0.25, 0.3) is 10.9 Å². The van der Waals surface area contributed by atoms with E-state index >= 15 is 0 Å². The summed E-state index contributed by atoms with van der Waals surface area (Å²) in [7, 11) is 2.10. The van der Waals surface area contributed by atoms with Crippen molar-refractivity contribution in [3.05, 3.63) is 35.5 Å². The highest BCUT2D eigenvalue weighted by Gasteiger charge is 2.41. The molecule has 0 spiro atoms. The summed E-state index contributed by atoms with van der Waals surface area (Å²) >= 11 is 4.38. The van der Waals surface area contributed by atoms with E-state index in [1.54, 1.807) is 0 Å². The minimum atomic E-state index is -0.455. The second-order valence-corrected chi connectivity index (χ2v) is 7.55. The van der Waals surface area contributed by atoms with E-state index in [9.17, 15) is 9.59 Å². The van der Waals surface area contributed by atoms with Gasteiger partial charge in [0.25, 0.3) is 0 Å². The Morgan fingerprint density at radius 2 is 2.20 bits per heavy atom. The number of fused-ring (bicyclic) bond motifs is 2. The number of hydrogen-bond donors (Lipinski definition) is 3. The summed E-state index contributed by atoms with van der Waals surface area (Å²) in [4.78, 5) is 29.0. The fraction of sp³-hybridized carbons (Fsp3) is 0.444. The first-order chi connectivity index (χ1) is 12.0. The molecule has 1 aromatic carbocycles. The van der Waals surface area contributed by atoms with E-state index in [0.29, 0.717) is 12.0 Å². The monoisotopic (exact) mass is 358 g/mol. The van der Waals surface area contributed by atoms with Crippen molar-refractivity contribution < 1.29 is 9.59 Å². The van der Waals surface area contributed by atoms with E-state index < -0.39 is 6.03 Å². The smallest absolute Gasteiger partial charge is 0.334 e. The highest BCUT2D eigenvalue weighted by molar-refractivity contribution is 7.78. The number of aromatic nitrogens is 1. The number of hydrogen-bond acceptors (Lipinski definition) is 4. The molecule has 2 aliphatic rings. The van der Waals surface area contributed by atoms with Gasteiger partial charge in [-0.2, -0.15) is 0 Å². The van der Waals surface area contributed by atoms with Crippen LogP contribution in [-0.4, -0.2) is 51.8 Å². The summed E-state index contributed by atoms with van der Waals surface area (Å²) in [6.45, 7) is 2.07. The molecule has 3 atom stereocenters. The molecular formula is C18H22N4O2S. The molecule has 0 radical (unpaired) electrons. The van der Waals surface area contributed by atoms with Crippen LogP contribution < -0.4 is 5.32 Å². The zero-order valence-corrected chi connectivity index (χ0v) is 15.2. The number of aromatic amines is 1. The minimum absolute atomic E-state index is 0.0512. The lowest BCUT2D eigenvalue weighted by atomic mass is 9.74. The fourth-order valence-electron chi connectivity index (χ4n) is 4.46. The van der Waals surface area contributed by atoms with Crippen LogP contribution in [0.3, 0.4) is 0 Å². The molecule has 3 amide bonds. The highest BCUT2D eigenvalue weighted by atomic mass is 32.1. The van der Waals surface area contributed by atoms with Crippen molar-refractivity contribution in [3.63, 3.8) is 0 Å². The first-order valence-electron chi connectivity index (χ1n) is 8.54. The van der Waals surface area contributed by atoms with Crippen molar-refractivity contribution in [3.8, 4) is 0 Å². The molecule has 2 heterocycles. The molecule has 1 aromatic heterocycles. The second kappa shape index (κ2) is 6.07. The maximum absolute atomic E-state index is 12.2. The van der Waals surface area contributed by atoms with Gasteiger partial charge in [0.2, 0.25) is 5.91 Å². The average Bonchev–Trinajstić information content (AvgIpc) is 2.99. The quantitative estimate of drug-likeness (QED) is 0.685. The first-order valence-corrected chi connectivity index (χ1v) is 8.94. The van der Waals surface area contributed by atoms with Gasteiger partial charge in [0, 0.05) is 42.5 Å². The third-order valence-electron chi connectivity index (χ3n) is 5.54. The largest absolute Gasteiger partial charge is 0.361 e. The highest BCUT2D eigenvalue weighted by Crippen LogP contribution is 2.43. The molecule has 6 nitrogen and oxygen atoms in total. The van der Waals surface area contributed by atoms with Crippen LogP contribution >= 0.6 is 12.8 Å². The number of nitrogens with one attached hydrogen (secondary N) is 2. The van der Waals surface area contributed by atoms with Gasteiger partial charge in [-0.1, -0.05) is 24.9 Å². The van der Waals surface area contributed by atoms with Gasteiger partial charge in [-0.15, -0.1) is 0 Å².